The molecule has 2 aliphatic heterocycles. The molecule has 2 aliphatic rings. The minimum atomic E-state index is -0.158. The van der Waals surface area contributed by atoms with Crippen LogP contribution in [0.1, 0.15) is 5.56 Å². The Balaban J connectivity index is 1.86. The number of ether oxygens (including phenoxy) is 2. The highest BCUT2D eigenvalue weighted by atomic mass is 16.5. The van der Waals surface area contributed by atoms with Crippen molar-refractivity contribution < 1.29 is 14.3 Å². The molecular formula is C12H13NO3. The lowest BCUT2D eigenvalue weighted by Gasteiger charge is -2.28. The summed E-state index contributed by atoms with van der Waals surface area (Å²) in [6, 6.07) is 5.97. The van der Waals surface area contributed by atoms with Gasteiger partial charge in [0.1, 0.15) is 5.75 Å². The highest BCUT2D eigenvalue weighted by molar-refractivity contribution is 5.81. The Morgan fingerprint density at radius 2 is 2.00 bits per heavy atom. The summed E-state index contributed by atoms with van der Waals surface area (Å²) >= 11 is 0. The highest BCUT2D eigenvalue weighted by Crippen LogP contribution is 2.30. The van der Waals surface area contributed by atoms with Crippen molar-refractivity contribution >= 4 is 11.7 Å². The molecule has 0 N–H and O–H groups in total. The molecule has 1 aromatic rings. The first-order valence-electron chi connectivity index (χ1n) is 5.49. The molecule has 0 spiro atoms. The van der Waals surface area contributed by atoms with Crippen molar-refractivity contribution in [3.63, 3.8) is 0 Å². The van der Waals surface area contributed by atoms with Crippen molar-refractivity contribution in [1.29, 1.82) is 0 Å². The smallest absolute Gasteiger partial charge is 0.315 e. The van der Waals surface area contributed by atoms with E-state index in [1.807, 2.05) is 18.2 Å². The van der Waals surface area contributed by atoms with Crippen LogP contribution in [0, 0.1) is 0 Å². The van der Waals surface area contributed by atoms with Gasteiger partial charge in [0.15, 0.2) is 0 Å². The van der Waals surface area contributed by atoms with Gasteiger partial charge in [0.2, 0.25) is 0 Å². The zero-order valence-electron chi connectivity index (χ0n) is 8.94. The van der Waals surface area contributed by atoms with Crippen molar-refractivity contribution in [2.24, 2.45) is 0 Å². The van der Waals surface area contributed by atoms with Gasteiger partial charge in [-0.25, -0.2) is 0 Å². The summed E-state index contributed by atoms with van der Waals surface area (Å²) in [6.07, 6.45) is 0.402. The van der Waals surface area contributed by atoms with Crippen LogP contribution in [0.2, 0.25) is 0 Å². The number of nitrogens with zero attached hydrogens (tertiary/aromatic N) is 1. The molecule has 0 radical (unpaired) electrons. The largest absolute Gasteiger partial charge is 0.426 e. The molecule has 0 bridgehead atoms. The van der Waals surface area contributed by atoms with E-state index in [1.54, 1.807) is 0 Å². The van der Waals surface area contributed by atoms with Gasteiger partial charge in [-0.05, 0) is 6.07 Å². The standard InChI is InChI=1S/C12H13NO3/c14-12-7-9-1-2-10(8-11(9)16-12)13-3-5-15-6-4-13/h1-2,8H,3-7H2. The fourth-order valence-corrected chi connectivity index (χ4v) is 2.12. The molecule has 0 aromatic heterocycles. The molecule has 0 aliphatic carbocycles. The zero-order chi connectivity index (χ0) is 11.0. The average Bonchev–Trinajstić information content (AvgIpc) is 2.69. The van der Waals surface area contributed by atoms with Crippen LogP contribution in [0.15, 0.2) is 18.2 Å². The monoisotopic (exact) mass is 219 g/mol. The summed E-state index contributed by atoms with van der Waals surface area (Å²) in [5.41, 5.74) is 2.10. The van der Waals surface area contributed by atoms with Gasteiger partial charge in [-0.2, -0.15) is 0 Å². The molecule has 1 saturated heterocycles. The van der Waals surface area contributed by atoms with Crippen LogP contribution < -0.4 is 9.64 Å². The van der Waals surface area contributed by atoms with Crippen molar-refractivity contribution in [2.45, 2.75) is 6.42 Å². The minimum absolute atomic E-state index is 0.158. The fraction of sp³-hybridized carbons (Fsp3) is 0.417. The summed E-state index contributed by atoms with van der Waals surface area (Å²) in [4.78, 5) is 13.4. The first kappa shape index (κ1) is 9.66. The number of fused-ring (bicyclic) bond motifs is 1. The molecule has 0 saturated carbocycles. The molecule has 1 aromatic carbocycles. The van der Waals surface area contributed by atoms with E-state index in [9.17, 15) is 4.79 Å². The first-order valence-corrected chi connectivity index (χ1v) is 5.49. The summed E-state index contributed by atoms with van der Waals surface area (Å²) < 4.78 is 10.4. The molecule has 2 heterocycles. The van der Waals surface area contributed by atoms with Crippen molar-refractivity contribution in [1.82, 2.24) is 0 Å². The Labute approximate surface area is 93.8 Å². The normalized spacial score (nSPS) is 19.5. The number of benzene rings is 1. The Kier molecular flexibility index (Phi) is 2.29. The van der Waals surface area contributed by atoms with E-state index < -0.39 is 0 Å². The predicted octanol–water partition coefficient (Wildman–Crippen LogP) is 0.985. The van der Waals surface area contributed by atoms with Gasteiger partial charge < -0.3 is 14.4 Å². The van der Waals surface area contributed by atoms with Crippen LogP contribution in [-0.4, -0.2) is 32.3 Å². The number of morpholine rings is 1. The van der Waals surface area contributed by atoms with Crippen LogP contribution in [0.3, 0.4) is 0 Å². The third-order valence-corrected chi connectivity index (χ3v) is 2.99. The van der Waals surface area contributed by atoms with Gasteiger partial charge in [0.05, 0.1) is 19.6 Å². The number of rotatable bonds is 1. The third kappa shape index (κ3) is 1.65. The number of anilines is 1. The van der Waals surface area contributed by atoms with Gasteiger partial charge in [0, 0.05) is 30.4 Å². The molecule has 4 heteroatoms. The third-order valence-electron chi connectivity index (χ3n) is 2.99. The number of carbonyl (C=O) groups is 1. The fourth-order valence-electron chi connectivity index (χ4n) is 2.12. The second kappa shape index (κ2) is 3.79. The Morgan fingerprint density at radius 3 is 2.81 bits per heavy atom. The number of hydrogen-bond acceptors (Lipinski definition) is 4. The molecular weight excluding hydrogens is 206 g/mol. The van der Waals surface area contributed by atoms with E-state index in [2.05, 4.69) is 4.90 Å². The second-order valence-electron chi connectivity index (χ2n) is 4.04. The van der Waals surface area contributed by atoms with Gasteiger partial charge in [-0.3, -0.25) is 4.79 Å². The number of hydrogen-bond donors (Lipinski definition) is 0. The van der Waals surface area contributed by atoms with E-state index in [1.165, 1.54) is 0 Å². The van der Waals surface area contributed by atoms with E-state index >= 15 is 0 Å². The zero-order valence-corrected chi connectivity index (χ0v) is 8.94. The summed E-state index contributed by atoms with van der Waals surface area (Å²) in [5, 5.41) is 0. The molecule has 0 amide bonds. The quantitative estimate of drug-likeness (QED) is 0.521. The van der Waals surface area contributed by atoms with Crippen molar-refractivity contribution in [2.75, 3.05) is 31.2 Å². The van der Waals surface area contributed by atoms with E-state index in [-0.39, 0.29) is 5.97 Å². The summed E-state index contributed by atoms with van der Waals surface area (Å²) in [7, 11) is 0. The lowest BCUT2D eigenvalue weighted by molar-refractivity contribution is -0.131. The maximum Gasteiger partial charge on any atom is 0.315 e. The maximum absolute atomic E-state index is 11.1. The summed E-state index contributed by atoms with van der Waals surface area (Å²) in [6.45, 7) is 3.31. The average molecular weight is 219 g/mol. The Hall–Kier alpha value is -1.55. The van der Waals surface area contributed by atoms with Crippen LogP contribution >= 0.6 is 0 Å². The lowest BCUT2D eigenvalue weighted by atomic mass is 10.1. The molecule has 84 valence electrons. The van der Waals surface area contributed by atoms with Gasteiger partial charge in [0.25, 0.3) is 0 Å². The van der Waals surface area contributed by atoms with Crippen LogP contribution in [0.4, 0.5) is 5.69 Å². The van der Waals surface area contributed by atoms with Crippen LogP contribution in [0.25, 0.3) is 0 Å². The van der Waals surface area contributed by atoms with E-state index in [0.717, 1.165) is 37.6 Å². The van der Waals surface area contributed by atoms with E-state index in [4.69, 9.17) is 9.47 Å². The number of carbonyl (C=O) groups excluding carboxylic acids is 1. The minimum Gasteiger partial charge on any atom is -0.426 e. The Morgan fingerprint density at radius 1 is 1.19 bits per heavy atom. The molecule has 0 atom stereocenters. The molecule has 3 rings (SSSR count). The Bertz CT molecular complexity index is 424. The van der Waals surface area contributed by atoms with E-state index in [0.29, 0.717) is 12.2 Å². The molecule has 0 unspecified atom stereocenters. The topological polar surface area (TPSA) is 38.8 Å². The SMILES string of the molecule is O=C1Cc2ccc(N3CCOCC3)cc2O1. The highest BCUT2D eigenvalue weighted by Gasteiger charge is 2.21. The second-order valence-corrected chi connectivity index (χ2v) is 4.04. The maximum atomic E-state index is 11.1. The van der Waals surface area contributed by atoms with Gasteiger partial charge in [-0.1, -0.05) is 6.07 Å². The molecule has 16 heavy (non-hydrogen) atoms. The number of esters is 1. The van der Waals surface area contributed by atoms with Crippen molar-refractivity contribution in [3.05, 3.63) is 23.8 Å². The van der Waals surface area contributed by atoms with Gasteiger partial charge >= 0.3 is 5.97 Å². The van der Waals surface area contributed by atoms with Crippen LogP contribution in [-0.2, 0) is 16.0 Å². The van der Waals surface area contributed by atoms with Crippen LogP contribution in [0.5, 0.6) is 5.75 Å². The van der Waals surface area contributed by atoms with Crippen molar-refractivity contribution in [3.8, 4) is 5.75 Å². The molecule has 4 nitrogen and oxygen atoms in total. The summed E-state index contributed by atoms with van der Waals surface area (Å²) in [5.74, 6) is 0.558. The molecule has 1 fully saturated rings. The predicted molar refractivity (Wildman–Crippen MR) is 58.8 cm³/mol. The first-order chi connectivity index (χ1) is 7.83. The lowest BCUT2D eigenvalue weighted by Crippen LogP contribution is -2.36. The van der Waals surface area contributed by atoms with Gasteiger partial charge in [-0.15, -0.1) is 0 Å².